The molecule has 0 N–H and O–H groups in total. The van der Waals surface area contributed by atoms with Crippen LogP contribution in [0.5, 0.6) is 0 Å². The fourth-order valence-corrected chi connectivity index (χ4v) is 2.66. The largest absolute Gasteiger partial charge is 0.456 e. The molecule has 1 aromatic heterocycles. The number of rotatable bonds is 3. The molecular formula is C19H19NO2. The monoisotopic (exact) mass is 293 g/mol. The summed E-state index contributed by atoms with van der Waals surface area (Å²) in [6, 6.07) is 15.6. The molecule has 3 nitrogen and oxygen atoms in total. The van der Waals surface area contributed by atoms with Gasteiger partial charge in [-0.15, -0.1) is 0 Å². The van der Waals surface area contributed by atoms with E-state index in [0.717, 1.165) is 17.7 Å². The molecule has 0 atom stereocenters. The Morgan fingerprint density at radius 3 is 2.45 bits per heavy atom. The molecule has 0 radical (unpaired) electrons. The molecule has 0 aliphatic carbocycles. The average Bonchev–Trinajstić information content (AvgIpc) is 2.51. The van der Waals surface area contributed by atoms with E-state index in [9.17, 15) is 4.79 Å². The van der Waals surface area contributed by atoms with Crippen LogP contribution in [0.3, 0.4) is 0 Å². The molecule has 0 spiro atoms. The second kappa shape index (κ2) is 5.78. The molecule has 0 saturated heterocycles. The molecule has 0 aliphatic rings. The lowest BCUT2D eigenvalue weighted by Crippen LogP contribution is -2.12. The Bertz CT molecular complexity index is 864. The first-order valence-electron chi connectivity index (χ1n) is 7.33. The smallest absolute Gasteiger partial charge is 0.196 e. The van der Waals surface area contributed by atoms with E-state index in [-0.39, 0.29) is 5.43 Å². The van der Waals surface area contributed by atoms with E-state index in [4.69, 9.17) is 4.42 Å². The van der Waals surface area contributed by atoms with Gasteiger partial charge in [0, 0.05) is 17.7 Å². The van der Waals surface area contributed by atoms with Gasteiger partial charge in [-0.05, 0) is 38.7 Å². The van der Waals surface area contributed by atoms with Crippen LogP contribution in [0.15, 0.2) is 57.7 Å². The molecule has 0 aliphatic heterocycles. The van der Waals surface area contributed by atoms with Gasteiger partial charge in [-0.2, -0.15) is 0 Å². The fourth-order valence-electron chi connectivity index (χ4n) is 2.66. The first-order chi connectivity index (χ1) is 10.6. The van der Waals surface area contributed by atoms with Crippen molar-refractivity contribution in [2.75, 3.05) is 14.1 Å². The highest BCUT2D eigenvalue weighted by Gasteiger charge is 2.13. The van der Waals surface area contributed by atoms with Crippen molar-refractivity contribution in [1.29, 1.82) is 0 Å². The predicted molar refractivity (Wildman–Crippen MR) is 90.0 cm³/mol. The van der Waals surface area contributed by atoms with E-state index in [0.29, 0.717) is 22.3 Å². The van der Waals surface area contributed by atoms with E-state index in [2.05, 4.69) is 4.90 Å². The highest BCUT2D eigenvalue weighted by atomic mass is 16.3. The maximum Gasteiger partial charge on any atom is 0.196 e. The predicted octanol–water partition coefficient (Wildman–Crippen LogP) is 3.83. The van der Waals surface area contributed by atoms with Gasteiger partial charge < -0.3 is 9.32 Å². The standard InChI is InChI=1S/C19H19NO2/c1-13-18(21)16-11-14(12-20(2)3)9-10-17(16)22-19(13)15-7-5-4-6-8-15/h4-11H,12H2,1-3H3. The minimum Gasteiger partial charge on any atom is -0.456 e. The molecule has 3 rings (SSSR count). The zero-order valence-electron chi connectivity index (χ0n) is 13.1. The summed E-state index contributed by atoms with van der Waals surface area (Å²) < 4.78 is 6.01. The second-order valence-electron chi connectivity index (χ2n) is 5.82. The number of hydrogen-bond acceptors (Lipinski definition) is 3. The van der Waals surface area contributed by atoms with Crippen molar-refractivity contribution in [2.24, 2.45) is 0 Å². The minimum absolute atomic E-state index is 0.0423. The Labute approximate surface area is 129 Å². The Morgan fingerprint density at radius 1 is 1.05 bits per heavy atom. The van der Waals surface area contributed by atoms with Gasteiger partial charge in [0.25, 0.3) is 0 Å². The fraction of sp³-hybridized carbons (Fsp3) is 0.211. The van der Waals surface area contributed by atoms with Gasteiger partial charge >= 0.3 is 0 Å². The quantitative estimate of drug-likeness (QED) is 0.736. The third-order valence-electron chi connectivity index (χ3n) is 3.72. The van der Waals surface area contributed by atoms with E-state index in [1.165, 1.54) is 0 Å². The van der Waals surface area contributed by atoms with Crippen molar-refractivity contribution in [3.05, 3.63) is 69.9 Å². The molecule has 0 fully saturated rings. The molecule has 0 bridgehead atoms. The number of nitrogens with zero attached hydrogens (tertiary/aromatic N) is 1. The first-order valence-corrected chi connectivity index (χ1v) is 7.33. The van der Waals surface area contributed by atoms with E-state index in [1.54, 1.807) is 0 Å². The molecule has 3 aromatic rings. The van der Waals surface area contributed by atoms with Crippen molar-refractivity contribution in [3.63, 3.8) is 0 Å². The SMILES string of the molecule is Cc1c(-c2ccccc2)oc2ccc(CN(C)C)cc2c1=O. The van der Waals surface area contributed by atoms with Gasteiger partial charge in [0.2, 0.25) is 0 Å². The van der Waals surface area contributed by atoms with Crippen LogP contribution in [0.1, 0.15) is 11.1 Å². The zero-order chi connectivity index (χ0) is 15.7. The number of benzene rings is 2. The molecule has 3 heteroatoms. The molecule has 0 saturated carbocycles. The first kappa shape index (κ1) is 14.5. The van der Waals surface area contributed by atoms with Crippen LogP contribution < -0.4 is 5.43 Å². The summed E-state index contributed by atoms with van der Waals surface area (Å²) in [4.78, 5) is 14.8. The Kier molecular flexibility index (Phi) is 3.82. The molecule has 22 heavy (non-hydrogen) atoms. The highest BCUT2D eigenvalue weighted by Crippen LogP contribution is 2.25. The minimum atomic E-state index is 0.0423. The van der Waals surface area contributed by atoms with Gasteiger partial charge in [0.1, 0.15) is 11.3 Å². The maximum absolute atomic E-state index is 12.7. The van der Waals surface area contributed by atoms with Crippen molar-refractivity contribution in [1.82, 2.24) is 4.90 Å². The average molecular weight is 293 g/mol. The van der Waals surface area contributed by atoms with Crippen LogP contribution in [0, 0.1) is 6.92 Å². The van der Waals surface area contributed by atoms with Gasteiger partial charge in [-0.25, -0.2) is 0 Å². The van der Waals surface area contributed by atoms with E-state index >= 15 is 0 Å². The van der Waals surface area contributed by atoms with Crippen LogP contribution in [0.4, 0.5) is 0 Å². The van der Waals surface area contributed by atoms with Crippen LogP contribution in [-0.2, 0) is 6.54 Å². The third kappa shape index (κ3) is 2.68. The van der Waals surface area contributed by atoms with Crippen LogP contribution in [0.25, 0.3) is 22.3 Å². The van der Waals surface area contributed by atoms with Gasteiger partial charge in [-0.1, -0.05) is 36.4 Å². The lowest BCUT2D eigenvalue weighted by atomic mass is 10.0. The topological polar surface area (TPSA) is 33.5 Å². The number of fused-ring (bicyclic) bond motifs is 1. The second-order valence-corrected chi connectivity index (χ2v) is 5.82. The number of hydrogen-bond donors (Lipinski definition) is 0. The zero-order valence-corrected chi connectivity index (χ0v) is 13.1. The van der Waals surface area contributed by atoms with Crippen LogP contribution in [0.2, 0.25) is 0 Å². The molecule has 2 aromatic carbocycles. The Morgan fingerprint density at radius 2 is 1.77 bits per heavy atom. The van der Waals surface area contributed by atoms with Crippen LogP contribution >= 0.6 is 0 Å². The summed E-state index contributed by atoms with van der Waals surface area (Å²) in [6.07, 6.45) is 0. The van der Waals surface area contributed by atoms with Crippen molar-refractivity contribution in [2.45, 2.75) is 13.5 Å². The van der Waals surface area contributed by atoms with Gasteiger partial charge in [-0.3, -0.25) is 4.79 Å². The normalized spacial score (nSPS) is 11.3. The van der Waals surface area contributed by atoms with Crippen molar-refractivity contribution < 1.29 is 4.42 Å². The van der Waals surface area contributed by atoms with Gasteiger partial charge in [0.05, 0.1) is 5.39 Å². The molecule has 112 valence electrons. The Balaban J connectivity index is 2.20. The molecule has 0 amide bonds. The van der Waals surface area contributed by atoms with E-state index in [1.807, 2.05) is 69.6 Å². The summed E-state index contributed by atoms with van der Waals surface area (Å²) >= 11 is 0. The third-order valence-corrected chi connectivity index (χ3v) is 3.72. The lowest BCUT2D eigenvalue weighted by Gasteiger charge is -2.11. The molecule has 1 heterocycles. The maximum atomic E-state index is 12.7. The summed E-state index contributed by atoms with van der Waals surface area (Å²) in [7, 11) is 4.02. The summed E-state index contributed by atoms with van der Waals surface area (Å²) in [5, 5.41) is 0.650. The molecule has 0 unspecified atom stereocenters. The Hall–Kier alpha value is -2.39. The van der Waals surface area contributed by atoms with Gasteiger partial charge in [0.15, 0.2) is 5.43 Å². The molecular weight excluding hydrogens is 274 g/mol. The summed E-state index contributed by atoms with van der Waals surface area (Å²) in [6.45, 7) is 2.63. The van der Waals surface area contributed by atoms with Crippen molar-refractivity contribution >= 4 is 11.0 Å². The van der Waals surface area contributed by atoms with E-state index < -0.39 is 0 Å². The highest BCUT2D eigenvalue weighted by molar-refractivity contribution is 5.81. The summed E-state index contributed by atoms with van der Waals surface area (Å²) in [5.41, 5.74) is 3.37. The lowest BCUT2D eigenvalue weighted by molar-refractivity contribution is 0.402. The van der Waals surface area contributed by atoms with Crippen molar-refractivity contribution in [3.8, 4) is 11.3 Å². The van der Waals surface area contributed by atoms with Crippen LogP contribution in [-0.4, -0.2) is 19.0 Å². The summed E-state index contributed by atoms with van der Waals surface area (Å²) in [5.74, 6) is 0.651.